The van der Waals surface area contributed by atoms with Crippen LogP contribution in [0, 0.1) is 46.1 Å². The summed E-state index contributed by atoms with van der Waals surface area (Å²) in [4.78, 5) is 21.6. The van der Waals surface area contributed by atoms with Gasteiger partial charge in [0.25, 0.3) is 5.69 Å². The first kappa shape index (κ1) is 24.9. The SMILES string of the molecule is Cc1nn(-c2ccccc2)c(OC(=O)c2ccc([N+](=O)[O-])cc2)c1Sc1c(F)c(F)c(F)c(F)c1F. The summed E-state index contributed by atoms with van der Waals surface area (Å²) in [6, 6.07) is 12.5. The normalized spacial score (nSPS) is 10.9. The number of ether oxygens (including phenoxy) is 1. The molecule has 0 N–H and O–H groups in total. The van der Waals surface area contributed by atoms with Crippen LogP contribution in [-0.2, 0) is 0 Å². The minimum atomic E-state index is -2.31. The van der Waals surface area contributed by atoms with Gasteiger partial charge in [0.2, 0.25) is 11.7 Å². The Bertz CT molecular complexity index is 1470. The minimum absolute atomic E-state index is 0.0549. The smallest absolute Gasteiger partial charge is 0.344 e. The zero-order valence-electron chi connectivity index (χ0n) is 18.0. The molecule has 0 aliphatic rings. The van der Waals surface area contributed by atoms with E-state index in [1.807, 2.05) is 0 Å². The molecule has 13 heteroatoms. The molecule has 0 fully saturated rings. The first-order valence-electron chi connectivity index (χ1n) is 9.91. The maximum Gasteiger partial charge on any atom is 0.344 e. The van der Waals surface area contributed by atoms with E-state index in [-0.39, 0.29) is 39.5 Å². The van der Waals surface area contributed by atoms with Crippen LogP contribution >= 0.6 is 11.8 Å². The average Bonchev–Trinajstić information content (AvgIpc) is 3.19. The van der Waals surface area contributed by atoms with E-state index < -0.39 is 44.9 Å². The molecule has 4 rings (SSSR count). The van der Waals surface area contributed by atoms with Crippen molar-refractivity contribution in [1.29, 1.82) is 0 Å². The fourth-order valence-corrected chi connectivity index (χ4v) is 4.05. The molecule has 1 heterocycles. The maximum atomic E-state index is 14.4. The van der Waals surface area contributed by atoms with Gasteiger partial charge in [-0.2, -0.15) is 9.78 Å². The van der Waals surface area contributed by atoms with Crippen molar-refractivity contribution in [2.45, 2.75) is 16.7 Å². The number of benzene rings is 3. The van der Waals surface area contributed by atoms with Crippen LogP contribution in [0.2, 0.25) is 0 Å². The van der Waals surface area contributed by atoms with Crippen molar-refractivity contribution in [3.63, 3.8) is 0 Å². The Morgan fingerprint density at radius 3 is 2.00 bits per heavy atom. The fraction of sp³-hybridized carbons (Fsp3) is 0.0435. The Labute approximate surface area is 203 Å². The second kappa shape index (κ2) is 9.77. The third kappa shape index (κ3) is 4.52. The van der Waals surface area contributed by atoms with Gasteiger partial charge in [0.1, 0.15) is 0 Å². The summed E-state index contributed by atoms with van der Waals surface area (Å²) in [6.07, 6.45) is 0. The van der Waals surface area contributed by atoms with E-state index in [0.717, 1.165) is 28.9 Å². The van der Waals surface area contributed by atoms with Gasteiger partial charge in [0.05, 0.1) is 31.7 Å². The van der Waals surface area contributed by atoms with Crippen molar-refractivity contribution in [1.82, 2.24) is 9.78 Å². The number of halogens is 5. The van der Waals surface area contributed by atoms with Crippen LogP contribution in [0.4, 0.5) is 27.6 Å². The van der Waals surface area contributed by atoms with Crippen molar-refractivity contribution in [3.8, 4) is 11.6 Å². The Balaban J connectivity index is 1.82. The molecule has 184 valence electrons. The Morgan fingerprint density at radius 1 is 0.889 bits per heavy atom. The van der Waals surface area contributed by atoms with Crippen molar-refractivity contribution in [2.24, 2.45) is 0 Å². The summed E-state index contributed by atoms with van der Waals surface area (Å²) in [6.45, 7) is 1.39. The number of hydrogen-bond acceptors (Lipinski definition) is 6. The van der Waals surface area contributed by atoms with Crippen LogP contribution in [0.3, 0.4) is 0 Å². The molecule has 1 aromatic heterocycles. The molecule has 0 atom stereocenters. The summed E-state index contributed by atoms with van der Waals surface area (Å²) in [5.74, 6) is -12.1. The third-order valence-corrected chi connectivity index (χ3v) is 6.08. The topological polar surface area (TPSA) is 87.3 Å². The number of aromatic nitrogens is 2. The minimum Gasteiger partial charge on any atom is -0.402 e. The quantitative estimate of drug-likeness (QED) is 0.0755. The van der Waals surface area contributed by atoms with Gasteiger partial charge in [-0.15, -0.1) is 0 Å². The van der Waals surface area contributed by atoms with Crippen molar-refractivity contribution >= 4 is 23.4 Å². The van der Waals surface area contributed by atoms with E-state index in [4.69, 9.17) is 4.74 Å². The number of nitro benzene ring substituents is 1. The van der Waals surface area contributed by atoms with Crippen molar-refractivity contribution in [2.75, 3.05) is 0 Å². The zero-order valence-corrected chi connectivity index (χ0v) is 18.8. The summed E-state index contributed by atoms with van der Waals surface area (Å²) in [5.41, 5.74) is 0.0289. The van der Waals surface area contributed by atoms with Gasteiger partial charge in [-0.25, -0.2) is 26.7 Å². The number of carbonyl (C=O) groups is 1. The summed E-state index contributed by atoms with van der Waals surface area (Å²) >= 11 is 0.144. The van der Waals surface area contributed by atoms with E-state index in [1.165, 1.54) is 6.92 Å². The molecule has 0 bridgehead atoms. The second-order valence-electron chi connectivity index (χ2n) is 7.16. The molecule has 0 saturated carbocycles. The predicted molar refractivity (Wildman–Crippen MR) is 117 cm³/mol. The van der Waals surface area contributed by atoms with Crippen molar-refractivity contribution in [3.05, 3.63) is 105 Å². The lowest BCUT2D eigenvalue weighted by Gasteiger charge is -2.11. The Kier molecular flexibility index (Phi) is 6.75. The predicted octanol–water partition coefficient (Wildman–Crippen LogP) is 6.15. The lowest BCUT2D eigenvalue weighted by atomic mass is 10.2. The second-order valence-corrected chi connectivity index (χ2v) is 8.18. The zero-order chi connectivity index (χ0) is 26.1. The number of non-ortho nitro benzene ring substituents is 1. The van der Waals surface area contributed by atoms with E-state index in [0.29, 0.717) is 5.69 Å². The van der Waals surface area contributed by atoms with Gasteiger partial charge >= 0.3 is 5.97 Å². The number of para-hydroxylation sites is 1. The first-order chi connectivity index (χ1) is 17.1. The third-order valence-electron chi connectivity index (χ3n) is 4.84. The van der Waals surface area contributed by atoms with E-state index in [1.54, 1.807) is 30.3 Å². The highest BCUT2D eigenvalue weighted by molar-refractivity contribution is 7.99. The highest BCUT2D eigenvalue weighted by Gasteiger charge is 2.30. The number of nitrogens with zero attached hydrogens (tertiary/aromatic N) is 3. The molecule has 7 nitrogen and oxygen atoms in total. The molecule has 0 radical (unpaired) electrons. The number of aryl methyl sites for hydroxylation is 1. The molecule has 0 unspecified atom stereocenters. The van der Waals surface area contributed by atoms with Crippen LogP contribution in [0.5, 0.6) is 5.88 Å². The van der Waals surface area contributed by atoms with Gasteiger partial charge in [-0.1, -0.05) is 30.0 Å². The molecular formula is C23H12F5N3O4S. The lowest BCUT2D eigenvalue weighted by molar-refractivity contribution is -0.384. The monoisotopic (exact) mass is 521 g/mol. The molecule has 0 amide bonds. The van der Waals surface area contributed by atoms with E-state index >= 15 is 0 Å². The standard InChI is InChI=1S/C23H12F5N3O4S/c1-11-20(36-21-18(27)16(25)15(24)17(26)19(21)28)22(30(29-11)13-5-3-2-4-6-13)35-23(32)12-7-9-14(10-8-12)31(33)34/h2-10H,1H3. The molecule has 0 spiro atoms. The number of esters is 1. The van der Waals surface area contributed by atoms with Gasteiger partial charge in [0.15, 0.2) is 23.3 Å². The largest absolute Gasteiger partial charge is 0.402 e. The average molecular weight is 521 g/mol. The summed E-state index contributed by atoms with van der Waals surface area (Å²) < 4.78 is 76.3. The van der Waals surface area contributed by atoms with Crippen LogP contribution in [-0.4, -0.2) is 20.7 Å². The van der Waals surface area contributed by atoms with Gasteiger partial charge in [-0.3, -0.25) is 10.1 Å². The molecule has 0 aliphatic carbocycles. The summed E-state index contributed by atoms with van der Waals surface area (Å²) in [5, 5.41) is 15.1. The van der Waals surface area contributed by atoms with Crippen LogP contribution in [0.25, 0.3) is 5.69 Å². The fourth-order valence-electron chi connectivity index (χ4n) is 3.09. The number of nitro groups is 1. The Morgan fingerprint density at radius 2 is 1.44 bits per heavy atom. The first-order valence-corrected chi connectivity index (χ1v) is 10.7. The molecule has 3 aromatic carbocycles. The Hall–Kier alpha value is -4.26. The highest BCUT2D eigenvalue weighted by Crippen LogP contribution is 2.42. The number of rotatable bonds is 6. The lowest BCUT2D eigenvalue weighted by Crippen LogP contribution is -2.12. The highest BCUT2D eigenvalue weighted by atomic mass is 32.2. The molecule has 0 aliphatic heterocycles. The molecule has 36 heavy (non-hydrogen) atoms. The number of carbonyl (C=O) groups excluding carboxylic acids is 1. The summed E-state index contributed by atoms with van der Waals surface area (Å²) in [7, 11) is 0. The number of hydrogen-bond donors (Lipinski definition) is 0. The maximum absolute atomic E-state index is 14.4. The van der Waals surface area contributed by atoms with Gasteiger partial charge in [0, 0.05) is 12.1 Å². The van der Waals surface area contributed by atoms with Gasteiger partial charge < -0.3 is 4.74 Å². The van der Waals surface area contributed by atoms with E-state index in [2.05, 4.69) is 5.10 Å². The molecular weight excluding hydrogens is 509 g/mol. The van der Waals surface area contributed by atoms with E-state index in [9.17, 15) is 36.9 Å². The van der Waals surface area contributed by atoms with Crippen LogP contribution < -0.4 is 4.74 Å². The van der Waals surface area contributed by atoms with Crippen LogP contribution in [0.1, 0.15) is 16.1 Å². The van der Waals surface area contributed by atoms with Crippen LogP contribution in [0.15, 0.2) is 64.4 Å². The van der Waals surface area contributed by atoms with Gasteiger partial charge in [-0.05, 0) is 31.2 Å². The van der Waals surface area contributed by atoms with Crippen molar-refractivity contribution < 1.29 is 36.4 Å². The molecule has 0 saturated heterocycles. The molecule has 4 aromatic rings.